The van der Waals surface area contributed by atoms with Gasteiger partial charge in [-0.25, -0.2) is 4.79 Å². The zero-order valence-electron chi connectivity index (χ0n) is 13.7. The van der Waals surface area contributed by atoms with Crippen molar-refractivity contribution in [3.63, 3.8) is 0 Å². The van der Waals surface area contributed by atoms with Gasteiger partial charge in [0, 0.05) is 23.2 Å². The van der Waals surface area contributed by atoms with Crippen molar-refractivity contribution in [1.82, 2.24) is 4.90 Å². The highest BCUT2D eigenvalue weighted by Gasteiger charge is 2.27. The van der Waals surface area contributed by atoms with E-state index in [9.17, 15) is 9.90 Å². The van der Waals surface area contributed by atoms with Crippen LogP contribution in [0.3, 0.4) is 0 Å². The molecule has 2 aromatic carbocycles. The van der Waals surface area contributed by atoms with Crippen molar-refractivity contribution in [2.45, 2.75) is 18.9 Å². The Kier molecular flexibility index (Phi) is 5.07. The van der Waals surface area contributed by atoms with Crippen LogP contribution < -0.4 is 4.90 Å². The van der Waals surface area contributed by atoms with Gasteiger partial charge >= 0.3 is 6.09 Å². The fourth-order valence-electron chi connectivity index (χ4n) is 3.28. The number of rotatable bonds is 4. The van der Waals surface area contributed by atoms with Gasteiger partial charge in [0.1, 0.15) is 0 Å². The summed E-state index contributed by atoms with van der Waals surface area (Å²) < 4.78 is 0. The van der Waals surface area contributed by atoms with Gasteiger partial charge in [-0.2, -0.15) is 0 Å². The molecule has 0 radical (unpaired) electrons. The Balaban J connectivity index is 1.96. The third kappa shape index (κ3) is 3.55. The maximum absolute atomic E-state index is 11.9. The maximum Gasteiger partial charge on any atom is 0.411 e. The number of nitrogens with zero attached hydrogens (tertiary/aromatic N) is 2. The Morgan fingerprint density at radius 2 is 1.96 bits per heavy atom. The molecule has 0 unspecified atom stereocenters. The van der Waals surface area contributed by atoms with E-state index in [1.165, 1.54) is 4.90 Å². The summed E-state index contributed by atoms with van der Waals surface area (Å²) in [6.07, 6.45) is 1.23. The van der Waals surface area contributed by atoms with Crippen LogP contribution in [-0.4, -0.2) is 42.3 Å². The molecule has 0 bridgehead atoms. The fraction of sp³-hybridized carbons (Fsp3) is 0.316. The molecule has 1 N–H and O–H groups in total. The average molecular weight is 345 g/mol. The van der Waals surface area contributed by atoms with Crippen LogP contribution in [-0.2, 0) is 0 Å². The molecule has 1 aliphatic heterocycles. The number of likely N-dealkylation sites (tertiary alicyclic amines) is 1. The first-order valence-electron chi connectivity index (χ1n) is 8.12. The molecule has 1 fully saturated rings. The lowest BCUT2D eigenvalue weighted by molar-refractivity contribution is 0.198. The lowest BCUT2D eigenvalue weighted by Gasteiger charge is -2.28. The summed E-state index contributed by atoms with van der Waals surface area (Å²) in [5.41, 5.74) is 2.57. The minimum Gasteiger partial charge on any atom is -0.465 e. The number of hydrogen-bond acceptors (Lipinski definition) is 2. The molecule has 1 heterocycles. The molecule has 0 aromatic heterocycles. The predicted octanol–water partition coefficient (Wildman–Crippen LogP) is 4.59. The van der Waals surface area contributed by atoms with Gasteiger partial charge in [0.05, 0.1) is 5.69 Å². The minimum atomic E-state index is -0.920. The molecule has 1 aliphatic rings. The van der Waals surface area contributed by atoms with Crippen molar-refractivity contribution in [1.29, 1.82) is 0 Å². The number of hydrogen-bond donors (Lipinski definition) is 1. The number of benzene rings is 2. The molecular formula is C19H21ClN2O2. The van der Waals surface area contributed by atoms with Crippen LogP contribution in [0.15, 0.2) is 48.5 Å². The van der Waals surface area contributed by atoms with Gasteiger partial charge in [-0.1, -0.05) is 41.9 Å². The number of amides is 1. The second-order valence-electron chi connectivity index (χ2n) is 6.19. The number of likely N-dealkylation sites (N-methyl/N-ethyl adjacent to an activating group) is 1. The molecule has 0 aliphatic carbocycles. The Bertz CT molecular complexity index is 718. The molecule has 24 heavy (non-hydrogen) atoms. The van der Waals surface area contributed by atoms with Crippen LogP contribution in [0.25, 0.3) is 11.1 Å². The zero-order chi connectivity index (χ0) is 17.1. The second kappa shape index (κ2) is 7.24. The first-order valence-corrected chi connectivity index (χ1v) is 8.49. The number of anilines is 1. The Labute approximate surface area is 147 Å². The highest BCUT2D eigenvalue weighted by Crippen LogP contribution is 2.32. The predicted molar refractivity (Wildman–Crippen MR) is 97.9 cm³/mol. The average Bonchev–Trinajstić information content (AvgIpc) is 2.98. The molecular weight excluding hydrogens is 324 g/mol. The highest BCUT2D eigenvalue weighted by molar-refractivity contribution is 6.30. The third-order valence-electron chi connectivity index (χ3n) is 4.65. The van der Waals surface area contributed by atoms with Crippen molar-refractivity contribution < 1.29 is 9.90 Å². The Morgan fingerprint density at radius 1 is 1.25 bits per heavy atom. The lowest BCUT2D eigenvalue weighted by atomic mass is 10.0. The third-order valence-corrected chi connectivity index (χ3v) is 4.90. The maximum atomic E-state index is 11.9. The van der Waals surface area contributed by atoms with Crippen LogP contribution in [0.2, 0.25) is 5.02 Å². The van der Waals surface area contributed by atoms with Gasteiger partial charge in [0.25, 0.3) is 0 Å². The summed E-state index contributed by atoms with van der Waals surface area (Å²) in [5.74, 6) is 0. The van der Waals surface area contributed by atoms with Crippen LogP contribution in [0.5, 0.6) is 0 Å². The summed E-state index contributed by atoms with van der Waals surface area (Å²) >= 11 is 5.97. The minimum absolute atomic E-state index is 0.263. The van der Waals surface area contributed by atoms with Gasteiger partial charge in [0.15, 0.2) is 0 Å². The van der Waals surface area contributed by atoms with Gasteiger partial charge in [0.2, 0.25) is 0 Å². The van der Waals surface area contributed by atoms with Crippen LogP contribution in [0.4, 0.5) is 10.5 Å². The number of halogens is 1. The molecule has 1 atom stereocenters. The van der Waals surface area contributed by atoms with E-state index in [0.29, 0.717) is 17.3 Å². The summed E-state index contributed by atoms with van der Waals surface area (Å²) in [4.78, 5) is 15.6. The monoisotopic (exact) mass is 344 g/mol. The van der Waals surface area contributed by atoms with Crippen molar-refractivity contribution in [3.8, 4) is 11.1 Å². The normalized spacial score (nSPS) is 17.8. The van der Waals surface area contributed by atoms with Crippen molar-refractivity contribution in [2.75, 3.05) is 25.0 Å². The van der Waals surface area contributed by atoms with E-state index in [4.69, 9.17) is 11.6 Å². The second-order valence-corrected chi connectivity index (χ2v) is 6.63. The van der Waals surface area contributed by atoms with E-state index in [1.807, 2.05) is 48.5 Å². The number of carbonyl (C=O) groups is 1. The van der Waals surface area contributed by atoms with Gasteiger partial charge in [-0.15, -0.1) is 0 Å². The van der Waals surface area contributed by atoms with E-state index < -0.39 is 6.09 Å². The van der Waals surface area contributed by atoms with E-state index in [-0.39, 0.29) is 6.04 Å². The van der Waals surface area contributed by atoms with E-state index in [2.05, 4.69) is 11.9 Å². The quantitative estimate of drug-likeness (QED) is 0.882. The molecule has 4 nitrogen and oxygen atoms in total. The summed E-state index contributed by atoms with van der Waals surface area (Å²) in [6, 6.07) is 15.4. The largest absolute Gasteiger partial charge is 0.465 e. The topological polar surface area (TPSA) is 43.8 Å². The lowest BCUT2D eigenvalue weighted by Crippen LogP contribution is -2.41. The Morgan fingerprint density at radius 3 is 2.58 bits per heavy atom. The first kappa shape index (κ1) is 16.8. The Hall–Kier alpha value is -2.04. The van der Waals surface area contributed by atoms with Crippen LogP contribution in [0, 0.1) is 0 Å². The summed E-state index contributed by atoms with van der Waals surface area (Å²) in [5, 5.41) is 10.4. The van der Waals surface area contributed by atoms with Gasteiger partial charge in [-0.3, -0.25) is 4.90 Å². The van der Waals surface area contributed by atoms with Crippen molar-refractivity contribution in [3.05, 3.63) is 53.6 Å². The van der Waals surface area contributed by atoms with Crippen LogP contribution >= 0.6 is 11.6 Å². The standard InChI is InChI=1S/C19H21ClN2O2/c1-21-12-4-5-16(21)13-22(19(23)24)18-7-3-2-6-17(18)14-8-10-15(20)11-9-14/h2-3,6-11,16H,4-5,12-13H2,1H3,(H,23,24)/t16-/m0/s1. The van der Waals surface area contributed by atoms with E-state index >= 15 is 0 Å². The van der Waals surface area contributed by atoms with Gasteiger partial charge < -0.3 is 10.0 Å². The molecule has 3 rings (SSSR count). The molecule has 1 amide bonds. The van der Waals surface area contributed by atoms with Gasteiger partial charge in [-0.05, 0) is 50.2 Å². The first-order chi connectivity index (χ1) is 11.6. The number of para-hydroxylation sites is 1. The molecule has 1 saturated heterocycles. The molecule has 0 saturated carbocycles. The smallest absolute Gasteiger partial charge is 0.411 e. The summed E-state index contributed by atoms with van der Waals surface area (Å²) in [6.45, 7) is 1.51. The SMILES string of the molecule is CN1CCC[C@H]1CN(C(=O)O)c1ccccc1-c1ccc(Cl)cc1. The molecule has 0 spiro atoms. The molecule has 126 valence electrons. The van der Waals surface area contributed by atoms with E-state index in [0.717, 1.165) is 30.5 Å². The fourth-order valence-corrected chi connectivity index (χ4v) is 3.41. The van der Waals surface area contributed by atoms with Crippen LogP contribution in [0.1, 0.15) is 12.8 Å². The molecule has 5 heteroatoms. The highest BCUT2D eigenvalue weighted by atomic mass is 35.5. The summed E-state index contributed by atoms with van der Waals surface area (Å²) in [7, 11) is 2.06. The zero-order valence-corrected chi connectivity index (χ0v) is 14.4. The molecule has 2 aromatic rings. The van der Waals surface area contributed by atoms with Crippen molar-refractivity contribution in [2.24, 2.45) is 0 Å². The van der Waals surface area contributed by atoms with Crippen molar-refractivity contribution >= 4 is 23.4 Å². The number of carboxylic acid groups (broad SMARTS) is 1. The van der Waals surface area contributed by atoms with E-state index in [1.54, 1.807) is 0 Å².